The van der Waals surface area contributed by atoms with Gasteiger partial charge in [-0.05, 0) is 13.8 Å². The van der Waals surface area contributed by atoms with E-state index < -0.39 is 5.41 Å². The monoisotopic (exact) mass is 213 g/mol. The molecule has 0 bridgehead atoms. The number of rotatable bonds is 3. The third-order valence-corrected chi connectivity index (χ3v) is 2.42. The van der Waals surface area contributed by atoms with E-state index in [-0.39, 0.29) is 11.8 Å². The van der Waals surface area contributed by atoms with Crippen molar-refractivity contribution in [2.75, 3.05) is 11.2 Å². The molecule has 0 unspecified atom stereocenters. The van der Waals surface area contributed by atoms with Crippen molar-refractivity contribution in [2.45, 2.75) is 13.8 Å². The minimum absolute atomic E-state index is 0.159. The largest absolute Gasteiger partial charge is 0.309 e. The number of alkyl halides is 1. The van der Waals surface area contributed by atoms with E-state index >= 15 is 0 Å². The van der Waals surface area contributed by atoms with Crippen molar-refractivity contribution >= 4 is 23.3 Å². The fourth-order valence-corrected chi connectivity index (χ4v) is 0.831. The van der Waals surface area contributed by atoms with Gasteiger partial charge in [0, 0.05) is 18.3 Å². The Balaban J connectivity index is 2.67. The first-order valence-electron chi connectivity index (χ1n) is 4.20. The number of aromatic nitrogens is 2. The molecule has 0 saturated heterocycles. The van der Waals surface area contributed by atoms with E-state index in [9.17, 15) is 4.79 Å². The van der Waals surface area contributed by atoms with Gasteiger partial charge in [-0.15, -0.1) is 11.6 Å². The second kappa shape index (κ2) is 4.37. The zero-order chi connectivity index (χ0) is 10.6. The minimum atomic E-state index is -0.598. The van der Waals surface area contributed by atoms with E-state index in [0.29, 0.717) is 5.82 Å². The number of anilines is 1. The van der Waals surface area contributed by atoms with Crippen LogP contribution in [0.3, 0.4) is 0 Å². The quantitative estimate of drug-likeness (QED) is 0.778. The SMILES string of the molecule is CC(C)(CCl)C(=O)Nc1cnccn1. The Labute approximate surface area is 87.7 Å². The fourth-order valence-electron chi connectivity index (χ4n) is 0.710. The van der Waals surface area contributed by atoms with Crippen LogP contribution in [-0.4, -0.2) is 21.8 Å². The van der Waals surface area contributed by atoms with Gasteiger partial charge in [0.15, 0.2) is 5.82 Å². The molecule has 14 heavy (non-hydrogen) atoms. The number of carbonyl (C=O) groups excluding carboxylic acids is 1. The maximum absolute atomic E-state index is 11.6. The molecule has 0 fully saturated rings. The van der Waals surface area contributed by atoms with Crippen LogP contribution < -0.4 is 5.32 Å². The van der Waals surface area contributed by atoms with Crippen LogP contribution >= 0.6 is 11.6 Å². The van der Waals surface area contributed by atoms with Gasteiger partial charge in [0.25, 0.3) is 0 Å². The highest BCUT2D eigenvalue weighted by molar-refractivity contribution is 6.20. The van der Waals surface area contributed by atoms with Crippen LogP contribution in [0.5, 0.6) is 0 Å². The summed E-state index contributed by atoms with van der Waals surface area (Å²) in [4.78, 5) is 19.4. The van der Waals surface area contributed by atoms with Crippen molar-refractivity contribution in [1.82, 2.24) is 9.97 Å². The summed E-state index contributed by atoms with van der Waals surface area (Å²) in [5.74, 6) is 0.544. The minimum Gasteiger partial charge on any atom is -0.309 e. The lowest BCUT2D eigenvalue weighted by molar-refractivity contribution is -0.123. The van der Waals surface area contributed by atoms with Crippen molar-refractivity contribution in [2.24, 2.45) is 5.41 Å². The van der Waals surface area contributed by atoms with Gasteiger partial charge < -0.3 is 5.32 Å². The Morgan fingerprint density at radius 1 is 1.57 bits per heavy atom. The Morgan fingerprint density at radius 2 is 2.29 bits per heavy atom. The number of nitrogens with one attached hydrogen (secondary N) is 1. The molecule has 0 radical (unpaired) electrons. The Kier molecular flexibility index (Phi) is 3.41. The highest BCUT2D eigenvalue weighted by atomic mass is 35.5. The van der Waals surface area contributed by atoms with Crippen LogP contribution in [0.4, 0.5) is 5.82 Å². The molecule has 0 aromatic carbocycles. The molecular weight excluding hydrogens is 202 g/mol. The number of hydrogen-bond acceptors (Lipinski definition) is 3. The topological polar surface area (TPSA) is 54.9 Å². The Hall–Kier alpha value is -1.16. The second-order valence-corrected chi connectivity index (χ2v) is 3.83. The molecular formula is C9H12ClN3O. The van der Waals surface area contributed by atoms with Gasteiger partial charge in [0.1, 0.15) is 0 Å². The number of halogens is 1. The lowest BCUT2D eigenvalue weighted by Gasteiger charge is -2.19. The van der Waals surface area contributed by atoms with E-state index in [4.69, 9.17) is 11.6 Å². The second-order valence-electron chi connectivity index (χ2n) is 3.56. The molecule has 1 rings (SSSR count). The molecule has 5 heteroatoms. The zero-order valence-corrected chi connectivity index (χ0v) is 8.88. The van der Waals surface area contributed by atoms with Crippen molar-refractivity contribution in [1.29, 1.82) is 0 Å². The highest BCUT2D eigenvalue weighted by Gasteiger charge is 2.26. The Morgan fingerprint density at radius 3 is 2.79 bits per heavy atom. The maximum atomic E-state index is 11.6. The van der Waals surface area contributed by atoms with Gasteiger partial charge in [-0.25, -0.2) is 4.98 Å². The summed E-state index contributed by atoms with van der Waals surface area (Å²) in [6.07, 6.45) is 4.55. The number of nitrogens with zero attached hydrogens (tertiary/aromatic N) is 2. The van der Waals surface area contributed by atoms with E-state index in [2.05, 4.69) is 15.3 Å². The first-order chi connectivity index (χ1) is 6.56. The van der Waals surface area contributed by atoms with E-state index in [0.717, 1.165) is 0 Å². The molecule has 4 nitrogen and oxygen atoms in total. The summed E-state index contributed by atoms with van der Waals surface area (Å²) in [7, 11) is 0. The van der Waals surface area contributed by atoms with Crippen molar-refractivity contribution in [3.63, 3.8) is 0 Å². The molecule has 1 N–H and O–H groups in total. The molecule has 1 aromatic heterocycles. The predicted molar refractivity (Wildman–Crippen MR) is 55.2 cm³/mol. The molecule has 0 aliphatic carbocycles. The molecule has 0 atom stereocenters. The first kappa shape index (κ1) is 10.9. The maximum Gasteiger partial charge on any atom is 0.232 e. The summed E-state index contributed by atoms with van der Waals surface area (Å²) in [5.41, 5.74) is -0.598. The first-order valence-corrected chi connectivity index (χ1v) is 4.73. The Bertz CT molecular complexity index is 313. The van der Waals surface area contributed by atoms with E-state index in [1.165, 1.54) is 12.4 Å². The molecule has 0 aliphatic rings. The van der Waals surface area contributed by atoms with Crippen LogP contribution in [0, 0.1) is 5.41 Å². The lowest BCUT2D eigenvalue weighted by atomic mass is 9.95. The molecule has 1 heterocycles. The van der Waals surface area contributed by atoms with E-state index in [1.807, 2.05) is 0 Å². The summed E-state index contributed by atoms with van der Waals surface area (Å²) < 4.78 is 0. The van der Waals surface area contributed by atoms with Gasteiger partial charge in [-0.2, -0.15) is 0 Å². The van der Waals surface area contributed by atoms with Crippen LogP contribution in [0.1, 0.15) is 13.8 Å². The van der Waals surface area contributed by atoms with Gasteiger partial charge in [-0.1, -0.05) is 0 Å². The number of hydrogen-bond donors (Lipinski definition) is 1. The van der Waals surface area contributed by atoms with Crippen molar-refractivity contribution in [3.8, 4) is 0 Å². The van der Waals surface area contributed by atoms with Crippen molar-refractivity contribution in [3.05, 3.63) is 18.6 Å². The van der Waals surface area contributed by atoms with Crippen LogP contribution in [0.25, 0.3) is 0 Å². The van der Waals surface area contributed by atoms with Gasteiger partial charge in [0.05, 0.1) is 11.6 Å². The molecule has 1 amide bonds. The van der Waals surface area contributed by atoms with Crippen LogP contribution in [0.15, 0.2) is 18.6 Å². The van der Waals surface area contributed by atoms with Gasteiger partial charge in [0.2, 0.25) is 5.91 Å². The lowest BCUT2D eigenvalue weighted by Crippen LogP contribution is -2.32. The number of carbonyl (C=O) groups is 1. The van der Waals surface area contributed by atoms with Gasteiger partial charge in [-0.3, -0.25) is 9.78 Å². The smallest absolute Gasteiger partial charge is 0.232 e. The third-order valence-electron chi connectivity index (χ3n) is 1.75. The van der Waals surface area contributed by atoms with Crippen molar-refractivity contribution < 1.29 is 4.79 Å². The van der Waals surface area contributed by atoms with Crippen LogP contribution in [0.2, 0.25) is 0 Å². The van der Waals surface area contributed by atoms with E-state index in [1.54, 1.807) is 20.0 Å². The highest BCUT2D eigenvalue weighted by Crippen LogP contribution is 2.18. The summed E-state index contributed by atoms with van der Waals surface area (Å²) >= 11 is 5.66. The number of amides is 1. The average molecular weight is 214 g/mol. The predicted octanol–water partition coefficient (Wildman–Crippen LogP) is 1.68. The molecule has 0 aliphatic heterocycles. The molecule has 1 aromatic rings. The standard InChI is InChI=1S/C9H12ClN3O/c1-9(2,6-10)8(14)13-7-5-11-3-4-12-7/h3-5H,6H2,1-2H3,(H,12,13,14). The fraction of sp³-hybridized carbons (Fsp3) is 0.444. The summed E-state index contributed by atoms with van der Waals surface area (Å²) in [6, 6.07) is 0. The van der Waals surface area contributed by atoms with Gasteiger partial charge >= 0.3 is 0 Å². The molecule has 76 valence electrons. The third kappa shape index (κ3) is 2.67. The normalized spacial score (nSPS) is 11.1. The zero-order valence-electron chi connectivity index (χ0n) is 8.12. The average Bonchev–Trinajstić information content (AvgIpc) is 2.19. The van der Waals surface area contributed by atoms with Crippen LogP contribution in [-0.2, 0) is 4.79 Å². The summed E-state index contributed by atoms with van der Waals surface area (Å²) in [5, 5.41) is 2.64. The molecule has 0 saturated carbocycles. The summed E-state index contributed by atoms with van der Waals surface area (Å²) in [6.45, 7) is 3.54. The molecule has 0 spiro atoms.